The van der Waals surface area contributed by atoms with Crippen LogP contribution in [0.4, 0.5) is 5.69 Å². The van der Waals surface area contributed by atoms with E-state index in [1.807, 2.05) is 0 Å². The van der Waals surface area contributed by atoms with E-state index in [2.05, 4.69) is 5.32 Å². The van der Waals surface area contributed by atoms with Crippen molar-refractivity contribution in [3.8, 4) is 17.2 Å². The highest BCUT2D eigenvalue weighted by Gasteiger charge is 2.31. The van der Waals surface area contributed by atoms with Gasteiger partial charge in [0.15, 0.2) is 0 Å². The molecule has 0 fully saturated rings. The fourth-order valence-corrected chi connectivity index (χ4v) is 5.23. The van der Waals surface area contributed by atoms with Crippen molar-refractivity contribution in [3.05, 3.63) is 42.5 Å². The van der Waals surface area contributed by atoms with Crippen LogP contribution in [0.15, 0.2) is 47.4 Å². The molecule has 0 spiro atoms. The molecule has 0 saturated heterocycles. The number of amides is 1. The number of nitrogens with one attached hydrogen (secondary N) is 1. The maximum Gasteiger partial charge on any atom is 0.243 e. The van der Waals surface area contributed by atoms with Crippen molar-refractivity contribution in [2.45, 2.75) is 17.9 Å². The SMILES string of the molecule is COc1ccc(OC)c(N([C@@H](C)C(=O)NCCOc2ccc(S(=O)(=O)N(C)C)cc2)S(C)(=O)=O)c1. The number of benzene rings is 2. The topological polar surface area (TPSA) is 132 Å². The Morgan fingerprint density at radius 2 is 1.57 bits per heavy atom. The fourth-order valence-electron chi connectivity index (χ4n) is 3.16. The lowest BCUT2D eigenvalue weighted by Crippen LogP contribution is -2.48. The standard InChI is InChI=1S/C22H31N3O8S2/c1-16(25(34(6,27)28)20-15-18(31-4)9-12-21(20)32-5)22(26)23-13-14-33-17-7-10-19(11-8-17)35(29,30)24(2)3/h7-12,15-16H,13-14H2,1-6H3,(H,23,26)/t16-/m0/s1. The minimum atomic E-state index is -3.86. The van der Waals surface area contributed by atoms with Crippen LogP contribution in [0.3, 0.4) is 0 Å². The van der Waals surface area contributed by atoms with Gasteiger partial charge in [0, 0.05) is 20.2 Å². The van der Waals surface area contributed by atoms with E-state index in [4.69, 9.17) is 14.2 Å². The maximum absolute atomic E-state index is 12.8. The quantitative estimate of drug-likeness (QED) is 0.407. The number of carbonyl (C=O) groups is 1. The number of rotatable bonds is 12. The van der Waals surface area contributed by atoms with E-state index in [-0.39, 0.29) is 29.5 Å². The summed E-state index contributed by atoms with van der Waals surface area (Å²) in [6.07, 6.45) is 0.999. The minimum absolute atomic E-state index is 0.0829. The highest BCUT2D eigenvalue weighted by Crippen LogP contribution is 2.35. The van der Waals surface area contributed by atoms with Gasteiger partial charge in [-0.25, -0.2) is 21.1 Å². The number of hydrogen-bond donors (Lipinski definition) is 1. The Morgan fingerprint density at radius 1 is 0.971 bits per heavy atom. The van der Waals surface area contributed by atoms with Gasteiger partial charge in [0.2, 0.25) is 26.0 Å². The largest absolute Gasteiger partial charge is 0.497 e. The van der Waals surface area contributed by atoms with Crippen molar-refractivity contribution in [3.63, 3.8) is 0 Å². The summed E-state index contributed by atoms with van der Waals surface area (Å²) in [6.45, 7) is 1.63. The first-order chi connectivity index (χ1) is 16.3. The molecule has 0 aliphatic carbocycles. The normalized spacial score (nSPS) is 12.7. The van der Waals surface area contributed by atoms with Gasteiger partial charge in [-0.1, -0.05) is 0 Å². The van der Waals surface area contributed by atoms with Crippen LogP contribution in [-0.2, 0) is 24.8 Å². The molecule has 1 N–H and O–H groups in total. The van der Waals surface area contributed by atoms with Crippen LogP contribution in [0, 0.1) is 0 Å². The highest BCUT2D eigenvalue weighted by atomic mass is 32.2. The van der Waals surface area contributed by atoms with E-state index in [1.54, 1.807) is 12.1 Å². The zero-order chi connectivity index (χ0) is 26.4. The van der Waals surface area contributed by atoms with Gasteiger partial charge in [-0.15, -0.1) is 0 Å². The molecule has 0 aliphatic rings. The molecule has 0 bridgehead atoms. The molecule has 0 heterocycles. The number of nitrogens with zero attached hydrogens (tertiary/aromatic N) is 2. The van der Waals surface area contributed by atoms with Gasteiger partial charge in [-0.05, 0) is 43.3 Å². The number of sulfonamides is 2. The molecule has 13 heteroatoms. The predicted molar refractivity (Wildman–Crippen MR) is 132 cm³/mol. The summed E-state index contributed by atoms with van der Waals surface area (Å²) in [5.74, 6) is 0.541. The summed E-state index contributed by atoms with van der Waals surface area (Å²) in [4.78, 5) is 12.9. The Labute approximate surface area is 206 Å². The van der Waals surface area contributed by atoms with Gasteiger partial charge in [-0.2, -0.15) is 0 Å². The Hall–Kier alpha value is -3.03. The molecule has 2 aromatic rings. The average molecular weight is 530 g/mol. The minimum Gasteiger partial charge on any atom is -0.497 e. The zero-order valence-electron chi connectivity index (χ0n) is 20.5. The van der Waals surface area contributed by atoms with Crippen molar-refractivity contribution in [2.75, 3.05) is 52.0 Å². The predicted octanol–water partition coefficient (Wildman–Crippen LogP) is 1.30. The van der Waals surface area contributed by atoms with Gasteiger partial charge in [0.1, 0.15) is 29.9 Å². The molecule has 194 valence electrons. The van der Waals surface area contributed by atoms with Crippen LogP contribution in [0.25, 0.3) is 0 Å². The summed E-state index contributed by atoms with van der Waals surface area (Å²) in [5.41, 5.74) is 0.168. The van der Waals surface area contributed by atoms with Gasteiger partial charge in [-0.3, -0.25) is 9.10 Å². The number of ether oxygens (including phenoxy) is 3. The van der Waals surface area contributed by atoms with Crippen LogP contribution in [0.1, 0.15) is 6.92 Å². The number of methoxy groups -OCH3 is 2. The van der Waals surface area contributed by atoms with E-state index in [0.717, 1.165) is 14.9 Å². The Bertz CT molecular complexity index is 1230. The average Bonchev–Trinajstić information content (AvgIpc) is 2.80. The summed E-state index contributed by atoms with van der Waals surface area (Å²) < 4.78 is 67.5. The van der Waals surface area contributed by atoms with E-state index >= 15 is 0 Å². The molecular formula is C22H31N3O8S2. The Morgan fingerprint density at radius 3 is 2.09 bits per heavy atom. The molecule has 0 aliphatic heterocycles. The van der Waals surface area contributed by atoms with Crippen molar-refractivity contribution >= 4 is 31.6 Å². The first-order valence-corrected chi connectivity index (χ1v) is 13.8. The molecule has 35 heavy (non-hydrogen) atoms. The zero-order valence-corrected chi connectivity index (χ0v) is 22.1. The molecule has 11 nitrogen and oxygen atoms in total. The van der Waals surface area contributed by atoms with Gasteiger partial charge >= 0.3 is 0 Å². The van der Waals surface area contributed by atoms with E-state index in [0.29, 0.717) is 11.5 Å². The second kappa shape index (κ2) is 11.6. The number of carbonyl (C=O) groups excluding carboxylic acids is 1. The van der Waals surface area contributed by atoms with Crippen LogP contribution >= 0.6 is 0 Å². The summed E-state index contributed by atoms with van der Waals surface area (Å²) in [6, 6.07) is 9.44. The Kier molecular flexibility index (Phi) is 9.35. The fraction of sp³-hybridized carbons (Fsp3) is 0.409. The number of anilines is 1. The van der Waals surface area contributed by atoms with Crippen molar-refractivity contribution in [1.29, 1.82) is 0 Å². The second-order valence-electron chi connectivity index (χ2n) is 7.67. The summed E-state index contributed by atoms with van der Waals surface area (Å²) in [7, 11) is -1.67. The van der Waals surface area contributed by atoms with E-state index < -0.39 is 32.0 Å². The first-order valence-electron chi connectivity index (χ1n) is 10.5. The summed E-state index contributed by atoms with van der Waals surface area (Å²) in [5, 5.41) is 2.65. The molecule has 0 saturated carbocycles. The van der Waals surface area contributed by atoms with Crippen molar-refractivity contribution in [2.24, 2.45) is 0 Å². The third-order valence-electron chi connectivity index (χ3n) is 4.98. The lowest BCUT2D eigenvalue weighted by atomic mass is 10.2. The molecule has 1 amide bonds. The number of hydrogen-bond acceptors (Lipinski definition) is 8. The smallest absolute Gasteiger partial charge is 0.243 e. The molecule has 0 radical (unpaired) electrons. The first kappa shape index (κ1) is 28.2. The maximum atomic E-state index is 12.8. The van der Waals surface area contributed by atoms with Gasteiger partial charge < -0.3 is 19.5 Å². The molecule has 2 rings (SSSR count). The third-order valence-corrected chi connectivity index (χ3v) is 8.04. The van der Waals surface area contributed by atoms with Crippen LogP contribution in [0.2, 0.25) is 0 Å². The molecule has 0 aromatic heterocycles. The van der Waals surface area contributed by atoms with Crippen LogP contribution in [0.5, 0.6) is 17.2 Å². The van der Waals surface area contributed by atoms with Crippen molar-refractivity contribution < 1.29 is 35.8 Å². The third kappa shape index (κ3) is 6.99. The van der Waals surface area contributed by atoms with E-state index in [9.17, 15) is 21.6 Å². The van der Waals surface area contributed by atoms with E-state index in [1.165, 1.54) is 65.6 Å². The van der Waals surface area contributed by atoms with Gasteiger partial charge in [0.05, 0.1) is 37.6 Å². The lowest BCUT2D eigenvalue weighted by Gasteiger charge is -2.29. The Balaban J connectivity index is 2.05. The van der Waals surface area contributed by atoms with Crippen LogP contribution in [-0.4, -0.2) is 80.8 Å². The van der Waals surface area contributed by atoms with Gasteiger partial charge in [0.25, 0.3) is 0 Å². The monoisotopic (exact) mass is 529 g/mol. The molecule has 2 aromatic carbocycles. The summed E-state index contributed by atoms with van der Waals surface area (Å²) >= 11 is 0. The second-order valence-corrected chi connectivity index (χ2v) is 11.7. The highest BCUT2D eigenvalue weighted by molar-refractivity contribution is 7.92. The molecular weight excluding hydrogens is 498 g/mol. The lowest BCUT2D eigenvalue weighted by molar-refractivity contribution is -0.121. The van der Waals surface area contributed by atoms with Crippen LogP contribution < -0.4 is 23.8 Å². The molecule has 1 atom stereocenters. The van der Waals surface area contributed by atoms with Crippen molar-refractivity contribution in [1.82, 2.24) is 9.62 Å². The molecule has 0 unspecified atom stereocenters.